The van der Waals surface area contributed by atoms with Gasteiger partial charge in [-0.3, -0.25) is 9.48 Å². The smallest absolute Gasteiger partial charge is 0.229 e. The number of fused-ring (bicyclic) bond motifs is 3. The molecular formula is C20H22FN7O. The fourth-order valence-corrected chi connectivity index (χ4v) is 4.89. The molecule has 29 heavy (non-hydrogen) atoms. The van der Waals surface area contributed by atoms with Crippen molar-refractivity contribution in [2.75, 3.05) is 18.0 Å². The highest BCUT2D eigenvalue weighted by Crippen LogP contribution is 2.41. The van der Waals surface area contributed by atoms with Gasteiger partial charge < -0.3 is 9.80 Å². The van der Waals surface area contributed by atoms with E-state index in [0.29, 0.717) is 6.42 Å². The molecule has 3 fully saturated rings. The highest BCUT2D eigenvalue weighted by Gasteiger charge is 2.51. The van der Waals surface area contributed by atoms with Crippen LogP contribution in [0.2, 0.25) is 0 Å². The molecule has 1 saturated carbocycles. The predicted molar refractivity (Wildman–Crippen MR) is 104 cm³/mol. The standard InChI is InChI=1S/C20H22FN7O/c1-25-8-12(7-23-25)17-11-27-19(24-17)18(4-5-22-27)26-9-13-2-3-14(10-26)28(13)20(29)15-6-16(15)21/h4-5,7-8,11,13-16H,2-3,6,9-10H2,1H3/t13?,14?,15-,16-/m1/s1. The Morgan fingerprint density at radius 3 is 2.59 bits per heavy atom. The lowest BCUT2D eigenvalue weighted by atomic mass is 10.1. The van der Waals surface area contributed by atoms with Crippen molar-refractivity contribution in [3.05, 3.63) is 30.9 Å². The van der Waals surface area contributed by atoms with Gasteiger partial charge in [0.15, 0.2) is 5.65 Å². The minimum absolute atomic E-state index is 0.0178. The van der Waals surface area contributed by atoms with Crippen LogP contribution in [-0.2, 0) is 11.8 Å². The summed E-state index contributed by atoms with van der Waals surface area (Å²) in [5.41, 5.74) is 3.60. The lowest BCUT2D eigenvalue weighted by Crippen LogP contribution is -2.56. The molecule has 2 saturated heterocycles. The molecule has 0 N–H and O–H groups in total. The molecule has 2 bridgehead atoms. The van der Waals surface area contributed by atoms with Crippen molar-refractivity contribution >= 4 is 17.2 Å². The van der Waals surface area contributed by atoms with Crippen molar-refractivity contribution in [1.29, 1.82) is 0 Å². The molecule has 0 radical (unpaired) electrons. The minimum atomic E-state index is -0.935. The molecule has 2 unspecified atom stereocenters. The number of amides is 1. The van der Waals surface area contributed by atoms with Gasteiger partial charge in [-0.05, 0) is 25.3 Å². The van der Waals surface area contributed by atoms with E-state index in [0.717, 1.165) is 48.5 Å². The Bertz CT molecular complexity index is 1090. The summed E-state index contributed by atoms with van der Waals surface area (Å²) in [6.07, 6.45) is 8.85. The van der Waals surface area contributed by atoms with E-state index in [1.165, 1.54) is 0 Å². The van der Waals surface area contributed by atoms with Crippen LogP contribution in [-0.4, -0.2) is 66.5 Å². The third-order valence-corrected chi connectivity index (χ3v) is 6.45. The monoisotopic (exact) mass is 395 g/mol. The normalized spacial score (nSPS) is 28.3. The number of rotatable bonds is 3. The fourth-order valence-electron chi connectivity index (χ4n) is 4.89. The number of halogens is 1. The molecule has 150 valence electrons. The summed E-state index contributed by atoms with van der Waals surface area (Å²) in [6, 6.07) is 2.29. The highest BCUT2D eigenvalue weighted by molar-refractivity contribution is 5.84. The number of carbonyl (C=O) groups is 1. The summed E-state index contributed by atoms with van der Waals surface area (Å²) in [4.78, 5) is 21.8. The summed E-state index contributed by atoms with van der Waals surface area (Å²) in [7, 11) is 1.88. The van der Waals surface area contributed by atoms with E-state index >= 15 is 0 Å². The van der Waals surface area contributed by atoms with Crippen LogP contribution in [0.15, 0.2) is 30.9 Å². The molecule has 0 spiro atoms. The molecule has 5 heterocycles. The molecule has 1 aliphatic carbocycles. The predicted octanol–water partition coefficient (Wildman–Crippen LogP) is 1.67. The Morgan fingerprint density at radius 1 is 1.17 bits per heavy atom. The van der Waals surface area contributed by atoms with Crippen LogP contribution in [0, 0.1) is 5.92 Å². The molecule has 3 aromatic heterocycles. The third kappa shape index (κ3) is 2.63. The van der Waals surface area contributed by atoms with Crippen LogP contribution in [0.25, 0.3) is 16.9 Å². The zero-order valence-electron chi connectivity index (χ0n) is 16.1. The van der Waals surface area contributed by atoms with Gasteiger partial charge in [0.25, 0.3) is 0 Å². The van der Waals surface area contributed by atoms with Gasteiger partial charge in [-0.1, -0.05) is 0 Å². The zero-order chi connectivity index (χ0) is 19.7. The number of hydrogen-bond acceptors (Lipinski definition) is 5. The number of carbonyl (C=O) groups excluding carboxylic acids is 1. The third-order valence-electron chi connectivity index (χ3n) is 6.45. The van der Waals surface area contributed by atoms with Gasteiger partial charge >= 0.3 is 0 Å². The Hall–Kier alpha value is -2.97. The van der Waals surface area contributed by atoms with Crippen LogP contribution in [0.1, 0.15) is 19.3 Å². The average Bonchev–Trinajstić information content (AvgIpc) is 3.04. The van der Waals surface area contributed by atoms with Crippen molar-refractivity contribution in [1.82, 2.24) is 29.3 Å². The van der Waals surface area contributed by atoms with E-state index in [-0.39, 0.29) is 18.0 Å². The van der Waals surface area contributed by atoms with Crippen molar-refractivity contribution in [2.24, 2.45) is 13.0 Å². The number of nitrogens with zero attached hydrogens (tertiary/aromatic N) is 7. The quantitative estimate of drug-likeness (QED) is 0.675. The molecule has 6 rings (SSSR count). The van der Waals surface area contributed by atoms with E-state index in [1.807, 2.05) is 30.4 Å². The molecule has 1 amide bonds. The number of alkyl halides is 1. The van der Waals surface area contributed by atoms with E-state index in [9.17, 15) is 9.18 Å². The van der Waals surface area contributed by atoms with Crippen molar-refractivity contribution in [2.45, 2.75) is 37.5 Å². The van der Waals surface area contributed by atoms with E-state index in [2.05, 4.69) is 15.1 Å². The molecule has 8 nitrogen and oxygen atoms in total. The molecule has 4 atom stereocenters. The molecule has 2 aliphatic heterocycles. The van der Waals surface area contributed by atoms with Gasteiger partial charge in [0.05, 0.1) is 35.9 Å². The van der Waals surface area contributed by atoms with Crippen molar-refractivity contribution in [3.63, 3.8) is 0 Å². The lowest BCUT2D eigenvalue weighted by Gasteiger charge is -2.42. The summed E-state index contributed by atoms with van der Waals surface area (Å²) >= 11 is 0. The number of aromatic nitrogens is 5. The van der Waals surface area contributed by atoms with Gasteiger partial charge in [0.2, 0.25) is 5.91 Å². The first-order valence-corrected chi connectivity index (χ1v) is 10.1. The maximum Gasteiger partial charge on any atom is 0.229 e. The minimum Gasteiger partial charge on any atom is -0.364 e. The SMILES string of the molecule is Cn1cc(-c2cn3nccc(N4CC5CCC(C4)N5C(=O)[C@@H]4C[C@H]4F)c3n2)cn1. The largest absolute Gasteiger partial charge is 0.364 e. The number of imidazole rings is 1. The summed E-state index contributed by atoms with van der Waals surface area (Å²) in [5, 5.41) is 8.65. The van der Waals surface area contributed by atoms with Gasteiger partial charge in [-0.25, -0.2) is 13.9 Å². The molecule has 0 aromatic carbocycles. The molecule has 3 aliphatic rings. The first kappa shape index (κ1) is 16.9. The number of anilines is 1. The molecule has 3 aromatic rings. The van der Waals surface area contributed by atoms with Crippen LogP contribution < -0.4 is 4.90 Å². The van der Waals surface area contributed by atoms with E-state index < -0.39 is 12.1 Å². The second kappa shape index (κ2) is 6.01. The first-order valence-electron chi connectivity index (χ1n) is 10.1. The Labute approximate surface area is 166 Å². The average molecular weight is 395 g/mol. The van der Waals surface area contributed by atoms with E-state index in [4.69, 9.17) is 4.98 Å². The maximum absolute atomic E-state index is 13.4. The number of hydrogen-bond donors (Lipinski definition) is 0. The second-order valence-corrected chi connectivity index (χ2v) is 8.41. The van der Waals surface area contributed by atoms with Crippen molar-refractivity contribution < 1.29 is 9.18 Å². The molecular weight excluding hydrogens is 373 g/mol. The maximum atomic E-state index is 13.4. The van der Waals surface area contributed by atoms with Crippen molar-refractivity contribution in [3.8, 4) is 11.3 Å². The van der Waals surface area contributed by atoms with Crippen LogP contribution in [0.4, 0.5) is 10.1 Å². The van der Waals surface area contributed by atoms with Crippen LogP contribution >= 0.6 is 0 Å². The number of piperazine rings is 1. The van der Waals surface area contributed by atoms with Gasteiger partial charge in [-0.2, -0.15) is 10.2 Å². The van der Waals surface area contributed by atoms with Crippen LogP contribution in [0.3, 0.4) is 0 Å². The second-order valence-electron chi connectivity index (χ2n) is 8.41. The van der Waals surface area contributed by atoms with Crippen LogP contribution in [0.5, 0.6) is 0 Å². The first-order chi connectivity index (χ1) is 14.1. The lowest BCUT2D eigenvalue weighted by molar-refractivity contribution is -0.136. The topological polar surface area (TPSA) is 71.6 Å². The van der Waals surface area contributed by atoms with Gasteiger partial charge in [0.1, 0.15) is 6.17 Å². The Kier molecular flexibility index (Phi) is 3.51. The fraction of sp³-hybridized carbons (Fsp3) is 0.500. The number of aryl methyl sites for hydroxylation is 1. The highest BCUT2D eigenvalue weighted by atomic mass is 19.1. The summed E-state index contributed by atoms with van der Waals surface area (Å²) in [6.45, 7) is 1.50. The molecule has 9 heteroatoms. The summed E-state index contributed by atoms with van der Waals surface area (Å²) in [5.74, 6) is -0.379. The summed E-state index contributed by atoms with van der Waals surface area (Å²) < 4.78 is 17.0. The van der Waals surface area contributed by atoms with Gasteiger partial charge in [0, 0.05) is 44.0 Å². The Balaban J connectivity index is 1.31. The van der Waals surface area contributed by atoms with E-state index in [1.54, 1.807) is 21.6 Å². The van der Waals surface area contributed by atoms with Gasteiger partial charge in [-0.15, -0.1) is 0 Å². The zero-order valence-corrected chi connectivity index (χ0v) is 16.1. The Morgan fingerprint density at radius 2 is 1.93 bits per heavy atom.